The summed E-state index contributed by atoms with van der Waals surface area (Å²) >= 11 is 0. The number of ether oxygens (including phenoxy) is 1. The first kappa shape index (κ1) is 23.0. The molecule has 24 heavy (non-hydrogen) atoms. The number of halogens is 1. The Hall–Kier alpha value is -1.02. The van der Waals surface area contributed by atoms with E-state index in [1.165, 1.54) is 5.69 Å². The molecule has 2 N–H and O–H groups in total. The molecule has 0 radical (unpaired) electrons. The van der Waals surface area contributed by atoms with Crippen molar-refractivity contribution in [1.82, 2.24) is 10.6 Å². The highest BCUT2D eigenvalue weighted by Crippen LogP contribution is 2.11. The maximum atomic E-state index is 5.14. The van der Waals surface area contributed by atoms with E-state index < -0.39 is 0 Å². The number of nitrogens with one attached hydrogen (secondary N) is 2. The van der Waals surface area contributed by atoms with Gasteiger partial charge in [0, 0.05) is 45.5 Å². The largest absolute Gasteiger partial charge is 0.383 e. The number of nitrogens with zero attached hydrogens (tertiary/aromatic N) is 2. The van der Waals surface area contributed by atoms with Crippen LogP contribution >= 0.6 is 24.0 Å². The van der Waals surface area contributed by atoms with E-state index in [2.05, 4.69) is 65.7 Å². The van der Waals surface area contributed by atoms with Gasteiger partial charge in [0.2, 0.25) is 0 Å². The molecule has 0 bridgehead atoms. The highest BCUT2D eigenvalue weighted by atomic mass is 127. The molecule has 0 amide bonds. The Morgan fingerprint density at radius 1 is 1.25 bits per heavy atom. The van der Waals surface area contributed by atoms with Crippen LogP contribution in [-0.4, -0.2) is 52.4 Å². The van der Waals surface area contributed by atoms with Crippen molar-refractivity contribution in [2.45, 2.75) is 32.7 Å². The summed E-state index contributed by atoms with van der Waals surface area (Å²) in [6, 6.07) is 10.7. The molecular weight excluding hydrogens is 415 g/mol. The van der Waals surface area contributed by atoms with E-state index in [-0.39, 0.29) is 30.0 Å². The molecule has 1 aromatic carbocycles. The van der Waals surface area contributed by atoms with Crippen molar-refractivity contribution in [3.8, 4) is 0 Å². The molecule has 1 rings (SSSR count). The van der Waals surface area contributed by atoms with Crippen molar-refractivity contribution in [2.24, 2.45) is 4.99 Å². The molecule has 0 aromatic heterocycles. The summed E-state index contributed by atoms with van der Waals surface area (Å²) < 4.78 is 5.14. The molecule has 5 nitrogen and oxygen atoms in total. The Bertz CT molecular complexity index is 442. The van der Waals surface area contributed by atoms with Gasteiger partial charge in [0.05, 0.1) is 6.61 Å². The number of methoxy groups -OCH3 is 1. The summed E-state index contributed by atoms with van der Waals surface area (Å²) in [4.78, 5) is 6.91. The Labute approximate surface area is 164 Å². The third-order valence-corrected chi connectivity index (χ3v) is 3.51. The van der Waals surface area contributed by atoms with Crippen molar-refractivity contribution in [3.63, 3.8) is 0 Å². The predicted octanol–water partition coefficient (Wildman–Crippen LogP) is 3.11. The van der Waals surface area contributed by atoms with Crippen LogP contribution in [0.15, 0.2) is 35.3 Å². The number of para-hydroxylation sites is 1. The summed E-state index contributed by atoms with van der Waals surface area (Å²) in [6.45, 7) is 7.58. The summed E-state index contributed by atoms with van der Waals surface area (Å²) in [7, 11) is 3.85. The number of guanidine groups is 1. The van der Waals surface area contributed by atoms with E-state index in [4.69, 9.17) is 4.74 Å². The molecule has 6 heteroatoms. The van der Waals surface area contributed by atoms with Gasteiger partial charge in [-0.15, -0.1) is 24.0 Å². The van der Waals surface area contributed by atoms with E-state index in [1.54, 1.807) is 7.11 Å². The molecule has 0 aliphatic rings. The maximum Gasteiger partial charge on any atom is 0.191 e. The minimum atomic E-state index is 0. The number of rotatable bonds is 10. The minimum absolute atomic E-state index is 0. The molecule has 138 valence electrons. The van der Waals surface area contributed by atoms with E-state index in [9.17, 15) is 0 Å². The smallest absolute Gasteiger partial charge is 0.191 e. The number of hydrogen-bond donors (Lipinski definition) is 2. The average Bonchev–Trinajstić information content (AvgIpc) is 2.55. The molecule has 0 fully saturated rings. The van der Waals surface area contributed by atoms with Gasteiger partial charge in [-0.05, 0) is 38.8 Å². The van der Waals surface area contributed by atoms with Gasteiger partial charge in [0.25, 0.3) is 0 Å². The molecular formula is C18H33IN4O. The van der Waals surface area contributed by atoms with E-state index in [1.807, 2.05) is 6.07 Å². The quantitative estimate of drug-likeness (QED) is 0.250. The van der Waals surface area contributed by atoms with E-state index >= 15 is 0 Å². The zero-order valence-electron chi connectivity index (χ0n) is 15.4. The first-order chi connectivity index (χ1) is 11.2. The van der Waals surface area contributed by atoms with Gasteiger partial charge in [-0.1, -0.05) is 18.2 Å². The zero-order chi connectivity index (χ0) is 16.9. The molecule has 1 aromatic rings. The van der Waals surface area contributed by atoms with Gasteiger partial charge in [0.1, 0.15) is 0 Å². The molecule has 0 heterocycles. The summed E-state index contributed by atoms with van der Waals surface area (Å²) in [5.41, 5.74) is 1.26. The summed E-state index contributed by atoms with van der Waals surface area (Å²) in [5, 5.41) is 6.62. The van der Waals surface area contributed by atoms with Crippen LogP contribution in [0.3, 0.4) is 0 Å². The van der Waals surface area contributed by atoms with E-state index in [0.717, 1.165) is 38.4 Å². The Kier molecular flexibility index (Phi) is 13.7. The number of unbranched alkanes of at least 4 members (excludes halogenated alkanes) is 1. The zero-order valence-corrected chi connectivity index (χ0v) is 17.7. The third-order valence-electron chi connectivity index (χ3n) is 3.51. The fraction of sp³-hybridized carbons (Fsp3) is 0.611. The Morgan fingerprint density at radius 2 is 1.96 bits per heavy atom. The topological polar surface area (TPSA) is 48.9 Å². The van der Waals surface area contributed by atoms with Crippen LogP contribution in [-0.2, 0) is 4.74 Å². The average molecular weight is 448 g/mol. The van der Waals surface area contributed by atoms with Gasteiger partial charge < -0.3 is 20.3 Å². The maximum absolute atomic E-state index is 5.14. The van der Waals surface area contributed by atoms with Crippen molar-refractivity contribution in [3.05, 3.63) is 30.3 Å². The molecule has 1 atom stereocenters. The van der Waals surface area contributed by atoms with Crippen LogP contribution in [0.4, 0.5) is 5.69 Å². The second-order valence-corrected chi connectivity index (χ2v) is 5.73. The standard InChI is InChI=1S/C18H32N4O.HI/c1-5-19-18(21-16(2)15-23-4)20-13-9-10-14-22(3)17-11-7-6-8-12-17;/h6-8,11-12,16H,5,9-10,13-15H2,1-4H3,(H2,19,20,21);1H. The normalized spacial score (nSPS) is 12.2. The number of anilines is 1. The van der Waals surface area contributed by atoms with Gasteiger partial charge in [-0.3, -0.25) is 4.99 Å². The summed E-state index contributed by atoms with van der Waals surface area (Å²) in [6.07, 6.45) is 2.20. The lowest BCUT2D eigenvalue weighted by molar-refractivity contribution is 0.179. The van der Waals surface area contributed by atoms with Crippen molar-refractivity contribution in [2.75, 3.05) is 45.3 Å². The highest BCUT2D eigenvalue weighted by Gasteiger charge is 2.04. The van der Waals surface area contributed by atoms with Gasteiger partial charge in [-0.2, -0.15) is 0 Å². The second-order valence-electron chi connectivity index (χ2n) is 5.73. The lowest BCUT2D eigenvalue weighted by Crippen LogP contribution is -2.44. The van der Waals surface area contributed by atoms with Crippen LogP contribution in [0.1, 0.15) is 26.7 Å². The Morgan fingerprint density at radius 3 is 2.58 bits per heavy atom. The molecule has 0 saturated carbocycles. The lowest BCUT2D eigenvalue weighted by Gasteiger charge is -2.19. The molecule has 1 unspecified atom stereocenters. The second kappa shape index (κ2) is 14.3. The number of benzene rings is 1. The predicted molar refractivity (Wildman–Crippen MR) is 115 cm³/mol. The van der Waals surface area contributed by atoms with Crippen molar-refractivity contribution in [1.29, 1.82) is 0 Å². The van der Waals surface area contributed by atoms with Crippen LogP contribution in [0.25, 0.3) is 0 Å². The molecule has 0 aliphatic carbocycles. The van der Waals surface area contributed by atoms with Crippen LogP contribution in [0, 0.1) is 0 Å². The first-order valence-electron chi connectivity index (χ1n) is 8.47. The fourth-order valence-corrected chi connectivity index (χ4v) is 2.31. The highest BCUT2D eigenvalue weighted by molar-refractivity contribution is 14.0. The first-order valence-corrected chi connectivity index (χ1v) is 8.47. The fourth-order valence-electron chi connectivity index (χ4n) is 2.31. The van der Waals surface area contributed by atoms with Crippen molar-refractivity contribution >= 4 is 35.6 Å². The SMILES string of the molecule is CCNC(=NCCCCN(C)c1ccccc1)NC(C)COC.I. The monoisotopic (exact) mass is 448 g/mol. The Balaban J connectivity index is 0.00000529. The molecule has 0 saturated heterocycles. The van der Waals surface area contributed by atoms with Gasteiger partial charge in [0.15, 0.2) is 5.96 Å². The van der Waals surface area contributed by atoms with Crippen LogP contribution in [0.5, 0.6) is 0 Å². The van der Waals surface area contributed by atoms with Gasteiger partial charge in [-0.25, -0.2) is 0 Å². The van der Waals surface area contributed by atoms with Gasteiger partial charge >= 0.3 is 0 Å². The van der Waals surface area contributed by atoms with Crippen LogP contribution < -0.4 is 15.5 Å². The van der Waals surface area contributed by atoms with Crippen LogP contribution in [0.2, 0.25) is 0 Å². The summed E-state index contributed by atoms with van der Waals surface area (Å²) in [5.74, 6) is 0.869. The molecule has 0 spiro atoms. The lowest BCUT2D eigenvalue weighted by atomic mass is 10.2. The number of hydrogen-bond acceptors (Lipinski definition) is 3. The van der Waals surface area contributed by atoms with Crippen molar-refractivity contribution < 1.29 is 4.74 Å². The minimum Gasteiger partial charge on any atom is -0.383 e. The third kappa shape index (κ3) is 9.97. The molecule has 0 aliphatic heterocycles. The number of aliphatic imine (C=N–C) groups is 1. The van der Waals surface area contributed by atoms with E-state index in [0.29, 0.717) is 6.61 Å².